The summed E-state index contributed by atoms with van der Waals surface area (Å²) in [6.45, 7) is 0.715. The van der Waals surface area contributed by atoms with Gasteiger partial charge in [0.1, 0.15) is 6.23 Å². The number of ether oxygens (including phenoxy) is 1. The van der Waals surface area contributed by atoms with Gasteiger partial charge in [-0.3, -0.25) is 0 Å². The Labute approximate surface area is 94.0 Å². The number of amides is 2. The van der Waals surface area contributed by atoms with E-state index in [2.05, 4.69) is 10.6 Å². The Morgan fingerprint density at radius 2 is 2.12 bits per heavy atom. The van der Waals surface area contributed by atoms with E-state index in [-0.39, 0.29) is 12.3 Å². The number of hydrogen-bond acceptors (Lipinski definition) is 3. The highest BCUT2D eigenvalue weighted by atomic mass is 16.5. The molecule has 1 aliphatic rings. The molecular weight excluding hydrogens is 206 g/mol. The Hall–Kier alpha value is -1.75. The maximum atomic E-state index is 11.5. The monoisotopic (exact) mass is 221 g/mol. The van der Waals surface area contributed by atoms with Gasteiger partial charge in [0.15, 0.2) is 0 Å². The van der Waals surface area contributed by atoms with Crippen LogP contribution in [-0.2, 0) is 4.74 Å². The summed E-state index contributed by atoms with van der Waals surface area (Å²) in [6, 6.07) is 6.73. The van der Waals surface area contributed by atoms with Gasteiger partial charge < -0.3 is 21.1 Å². The smallest absolute Gasteiger partial charge is 0.321 e. The lowest BCUT2D eigenvalue weighted by Crippen LogP contribution is -2.37. The third-order valence-electron chi connectivity index (χ3n) is 2.39. The summed E-state index contributed by atoms with van der Waals surface area (Å²) in [5.41, 5.74) is 6.93. The fourth-order valence-electron chi connectivity index (χ4n) is 1.57. The zero-order valence-corrected chi connectivity index (χ0v) is 8.90. The van der Waals surface area contributed by atoms with Gasteiger partial charge in [-0.1, -0.05) is 0 Å². The molecule has 1 saturated heterocycles. The first-order valence-corrected chi connectivity index (χ1v) is 5.29. The number of carbonyl (C=O) groups excluding carboxylic acids is 1. The summed E-state index contributed by atoms with van der Waals surface area (Å²) in [4.78, 5) is 11.5. The highest BCUT2D eigenvalue weighted by Gasteiger charge is 2.17. The van der Waals surface area contributed by atoms with Crippen molar-refractivity contribution >= 4 is 17.4 Å². The van der Waals surface area contributed by atoms with E-state index < -0.39 is 0 Å². The van der Waals surface area contributed by atoms with Crippen LogP contribution in [0.15, 0.2) is 24.3 Å². The molecule has 1 aliphatic heterocycles. The molecule has 0 saturated carbocycles. The lowest BCUT2D eigenvalue weighted by atomic mass is 10.3. The van der Waals surface area contributed by atoms with Gasteiger partial charge in [0, 0.05) is 18.0 Å². The highest BCUT2D eigenvalue weighted by Crippen LogP contribution is 2.12. The second kappa shape index (κ2) is 4.85. The second-order valence-electron chi connectivity index (χ2n) is 3.72. The lowest BCUT2D eigenvalue weighted by Gasteiger charge is -2.12. The molecule has 0 radical (unpaired) electrons. The summed E-state index contributed by atoms with van der Waals surface area (Å²) in [5.74, 6) is 0. The van der Waals surface area contributed by atoms with E-state index in [1.807, 2.05) is 0 Å². The van der Waals surface area contributed by atoms with E-state index in [0.29, 0.717) is 18.0 Å². The lowest BCUT2D eigenvalue weighted by molar-refractivity contribution is 0.0928. The van der Waals surface area contributed by atoms with Crippen LogP contribution in [0.4, 0.5) is 16.2 Å². The number of urea groups is 1. The Kier molecular flexibility index (Phi) is 3.26. The minimum atomic E-state index is -0.253. The number of hydrogen-bond donors (Lipinski definition) is 3. The third kappa shape index (κ3) is 2.87. The Balaban J connectivity index is 1.84. The minimum absolute atomic E-state index is 0.159. The van der Waals surface area contributed by atoms with E-state index in [4.69, 9.17) is 10.5 Å². The average Bonchev–Trinajstić information content (AvgIpc) is 2.74. The van der Waals surface area contributed by atoms with Crippen molar-refractivity contribution in [2.75, 3.05) is 17.7 Å². The van der Waals surface area contributed by atoms with E-state index in [1.54, 1.807) is 24.3 Å². The molecule has 4 N–H and O–H groups in total. The standard InChI is InChI=1S/C11H15N3O2/c12-8-3-5-9(6-4-8)13-11(15)14-10-2-1-7-16-10/h3-6,10H,1-2,7,12H2,(H2,13,14,15). The van der Waals surface area contributed by atoms with Crippen molar-refractivity contribution in [3.05, 3.63) is 24.3 Å². The molecule has 1 aromatic carbocycles. The molecule has 16 heavy (non-hydrogen) atoms. The number of nitrogen functional groups attached to an aromatic ring is 1. The number of benzene rings is 1. The number of rotatable bonds is 2. The zero-order chi connectivity index (χ0) is 11.4. The van der Waals surface area contributed by atoms with Gasteiger partial charge in [-0.2, -0.15) is 0 Å². The molecule has 0 spiro atoms. The predicted octanol–water partition coefficient (Wildman–Crippen LogP) is 1.53. The van der Waals surface area contributed by atoms with Gasteiger partial charge in [-0.15, -0.1) is 0 Å². The number of carbonyl (C=O) groups is 1. The average molecular weight is 221 g/mol. The minimum Gasteiger partial charge on any atom is -0.399 e. The molecule has 1 atom stereocenters. The van der Waals surface area contributed by atoms with E-state index in [1.165, 1.54) is 0 Å². The van der Waals surface area contributed by atoms with Crippen molar-refractivity contribution in [1.29, 1.82) is 0 Å². The van der Waals surface area contributed by atoms with Crippen LogP contribution < -0.4 is 16.4 Å². The van der Waals surface area contributed by atoms with Gasteiger partial charge >= 0.3 is 6.03 Å². The molecule has 5 heteroatoms. The SMILES string of the molecule is Nc1ccc(NC(=O)NC2CCCO2)cc1. The molecule has 1 aromatic rings. The molecule has 0 bridgehead atoms. The van der Waals surface area contributed by atoms with Gasteiger partial charge in [0.25, 0.3) is 0 Å². The Bertz CT molecular complexity index is 358. The second-order valence-corrected chi connectivity index (χ2v) is 3.72. The van der Waals surface area contributed by atoms with Crippen molar-refractivity contribution in [3.63, 3.8) is 0 Å². The predicted molar refractivity (Wildman–Crippen MR) is 62.0 cm³/mol. The fourth-order valence-corrected chi connectivity index (χ4v) is 1.57. The summed E-state index contributed by atoms with van der Waals surface area (Å²) in [5, 5.41) is 5.45. The highest BCUT2D eigenvalue weighted by molar-refractivity contribution is 5.89. The molecule has 1 heterocycles. The van der Waals surface area contributed by atoms with E-state index in [0.717, 1.165) is 12.8 Å². The van der Waals surface area contributed by atoms with Crippen LogP contribution in [0.1, 0.15) is 12.8 Å². The molecule has 1 fully saturated rings. The van der Waals surface area contributed by atoms with E-state index in [9.17, 15) is 4.79 Å². The maximum Gasteiger partial charge on any atom is 0.321 e. The zero-order valence-electron chi connectivity index (χ0n) is 8.90. The van der Waals surface area contributed by atoms with Crippen LogP contribution in [0.5, 0.6) is 0 Å². The van der Waals surface area contributed by atoms with Crippen LogP contribution in [0.25, 0.3) is 0 Å². The van der Waals surface area contributed by atoms with Gasteiger partial charge in [0.05, 0.1) is 0 Å². The largest absolute Gasteiger partial charge is 0.399 e. The number of anilines is 2. The summed E-state index contributed by atoms with van der Waals surface area (Å²) in [7, 11) is 0. The van der Waals surface area contributed by atoms with Crippen molar-refractivity contribution in [3.8, 4) is 0 Å². The topological polar surface area (TPSA) is 76.4 Å². The molecule has 2 amide bonds. The van der Waals surface area contributed by atoms with Gasteiger partial charge in [-0.05, 0) is 37.1 Å². The third-order valence-corrected chi connectivity index (χ3v) is 2.39. The number of nitrogens with one attached hydrogen (secondary N) is 2. The first-order valence-electron chi connectivity index (χ1n) is 5.29. The molecule has 86 valence electrons. The molecule has 5 nitrogen and oxygen atoms in total. The van der Waals surface area contributed by atoms with Crippen molar-refractivity contribution in [2.24, 2.45) is 0 Å². The molecule has 1 unspecified atom stereocenters. The van der Waals surface area contributed by atoms with Crippen LogP contribution >= 0.6 is 0 Å². The number of nitrogens with two attached hydrogens (primary N) is 1. The fraction of sp³-hybridized carbons (Fsp3) is 0.364. The van der Waals surface area contributed by atoms with E-state index >= 15 is 0 Å². The van der Waals surface area contributed by atoms with Gasteiger partial charge in [-0.25, -0.2) is 4.79 Å². The summed E-state index contributed by atoms with van der Waals surface area (Å²) in [6.07, 6.45) is 1.70. The molecule has 0 aliphatic carbocycles. The van der Waals surface area contributed by atoms with Gasteiger partial charge in [0.2, 0.25) is 0 Å². The first-order chi connectivity index (χ1) is 7.74. The Morgan fingerprint density at radius 3 is 2.75 bits per heavy atom. The summed E-state index contributed by atoms with van der Waals surface area (Å²) < 4.78 is 5.29. The molecule has 0 aromatic heterocycles. The summed E-state index contributed by atoms with van der Waals surface area (Å²) >= 11 is 0. The van der Waals surface area contributed by atoms with Crippen LogP contribution in [0.2, 0.25) is 0 Å². The van der Waals surface area contributed by atoms with Crippen molar-refractivity contribution in [1.82, 2.24) is 5.32 Å². The van der Waals surface area contributed by atoms with Crippen LogP contribution in [0, 0.1) is 0 Å². The maximum absolute atomic E-state index is 11.5. The Morgan fingerprint density at radius 1 is 1.38 bits per heavy atom. The van der Waals surface area contributed by atoms with Crippen molar-refractivity contribution in [2.45, 2.75) is 19.1 Å². The molecular formula is C11H15N3O2. The van der Waals surface area contributed by atoms with Crippen LogP contribution in [0.3, 0.4) is 0 Å². The van der Waals surface area contributed by atoms with Crippen molar-refractivity contribution < 1.29 is 9.53 Å². The van der Waals surface area contributed by atoms with Crippen LogP contribution in [-0.4, -0.2) is 18.9 Å². The normalized spacial score (nSPS) is 19.4. The first kappa shape index (κ1) is 10.8. The molecule has 2 rings (SSSR count). The quantitative estimate of drug-likeness (QED) is 0.663.